The largest absolute Gasteiger partial charge is 0.477 e. The summed E-state index contributed by atoms with van der Waals surface area (Å²) in [6.45, 7) is 12.4. The SMILES string of the molecule is Cc1ccc(OCC[C@H](C)N(C(=O)C2CCC(C)CC2)c2cc(C#CC(C)(C)C)sc2C(=O)O)nn1. The summed E-state index contributed by atoms with van der Waals surface area (Å²) in [6.07, 6.45) is 4.17. The number of carbonyl (C=O) groups is 2. The maximum absolute atomic E-state index is 13.9. The van der Waals surface area contributed by atoms with Crippen molar-refractivity contribution < 1.29 is 19.4 Å². The molecule has 0 unspecified atom stereocenters. The highest BCUT2D eigenvalue weighted by Gasteiger charge is 2.34. The van der Waals surface area contributed by atoms with E-state index in [1.807, 2.05) is 40.7 Å². The van der Waals surface area contributed by atoms with E-state index in [0.717, 1.165) is 42.7 Å². The number of hydrogen-bond donors (Lipinski definition) is 1. The Morgan fingerprint density at radius 1 is 1.22 bits per heavy atom. The number of aromatic carboxylic acids is 1. The number of carbonyl (C=O) groups excluding carboxylic acids is 1. The van der Waals surface area contributed by atoms with Gasteiger partial charge in [0.15, 0.2) is 0 Å². The van der Waals surface area contributed by atoms with E-state index >= 15 is 0 Å². The van der Waals surface area contributed by atoms with E-state index in [0.29, 0.717) is 35.4 Å². The maximum atomic E-state index is 13.9. The van der Waals surface area contributed by atoms with Gasteiger partial charge in [-0.2, -0.15) is 5.10 Å². The van der Waals surface area contributed by atoms with Gasteiger partial charge in [0, 0.05) is 29.9 Å². The summed E-state index contributed by atoms with van der Waals surface area (Å²) in [5.74, 6) is 6.14. The quantitative estimate of drug-likeness (QED) is 0.440. The highest BCUT2D eigenvalue weighted by atomic mass is 32.1. The van der Waals surface area contributed by atoms with Gasteiger partial charge in [0.1, 0.15) is 4.88 Å². The Kier molecular flexibility index (Phi) is 9.13. The van der Waals surface area contributed by atoms with Gasteiger partial charge in [-0.05, 0) is 78.4 Å². The Morgan fingerprint density at radius 2 is 1.92 bits per heavy atom. The number of carboxylic acid groups (broad SMARTS) is 1. The van der Waals surface area contributed by atoms with Crippen LogP contribution >= 0.6 is 11.3 Å². The molecular weight excluding hydrogens is 474 g/mol. The lowest BCUT2D eigenvalue weighted by Gasteiger charge is -2.34. The second-order valence-electron chi connectivity index (χ2n) is 10.8. The molecule has 7 nitrogen and oxygen atoms in total. The van der Waals surface area contributed by atoms with Gasteiger partial charge in [-0.3, -0.25) is 4.79 Å². The lowest BCUT2D eigenvalue weighted by Crippen LogP contribution is -2.44. The normalized spacial score (nSPS) is 18.6. The van der Waals surface area contributed by atoms with Crippen molar-refractivity contribution in [2.24, 2.45) is 17.3 Å². The second kappa shape index (κ2) is 11.9. The van der Waals surface area contributed by atoms with Gasteiger partial charge >= 0.3 is 5.97 Å². The summed E-state index contributed by atoms with van der Waals surface area (Å²) in [4.78, 5) is 28.5. The van der Waals surface area contributed by atoms with Crippen molar-refractivity contribution in [3.8, 4) is 17.7 Å². The van der Waals surface area contributed by atoms with Crippen LogP contribution in [-0.2, 0) is 4.79 Å². The molecule has 1 fully saturated rings. The van der Waals surface area contributed by atoms with Gasteiger partial charge in [0.05, 0.1) is 22.9 Å². The number of thiophene rings is 1. The molecule has 2 aromatic heterocycles. The first-order valence-electron chi connectivity index (χ1n) is 12.6. The molecule has 1 aliphatic carbocycles. The van der Waals surface area contributed by atoms with Crippen LogP contribution in [-0.4, -0.2) is 39.8 Å². The van der Waals surface area contributed by atoms with Crippen LogP contribution in [0.25, 0.3) is 0 Å². The molecule has 2 heterocycles. The molecule has 8 heteroatoms. The van der Waals surface area contributed by atoms with Crippen molar-refractivity contribution in [2.75, 3.05) is 11.5 Å². The first kappa shape index (κ1) is 27.7. The zero-order chi connectivity index (χ0) is 26.5. The van der Waals surface area contributed by atoms with E-state index in [-0.39, 0.29) is 28.2 Å². The Balaban J connectivity index is 1.89. The number of hydrogen-bond acceptors (Lipinski definition) is 6. The molecule has 36 heavy (non-hydrogen) atoms. The van der Waals surface area contributed by atoms with Crippen molar-refractivity contribution in [3.63, 3.8) is 0 Å². The van der Waals surface area contributed by atoms with Crippen LogP contribution in [0.15, 0.2) is 18.2 Å². The van der Waals surface area contributed by atoms with E-state index in [1.54, 1.807) is 17.0 Å². The summed E-state index contributed by atoms with van der Waals surface area (Å²) >= 11 is 1.12. The van der Waals surface area contributed by atoms with E-state index < -0.39 is 5.97 Å². The number of amides is 1. The standard InChI is InChI=1S/C28H37N3O4S/c1-18-7-10-21(11-8-18)26(32)31(20(3)14-16-35-24-12-9-19(2)29-30-24)23-17-22(13-15-28(4,5)6)36-25(23)27(33)34/h9,12,17-18,20-21H,7-8,10-11,14,16H2,1-6H3,(H,33,34)/t18?,20-,21?/m0/s1. The molecule has 0 radical (unpaired) electrons. The van der Waals surface area contributed by atoms with Gasteiger partial charge in [-0.25, -0.2) is 4.79 Å². The van der Waals surface area contributed by atoms with E-state index in [2.05, 4.69) is 29.0 Å². The Hall–Kier alpha value is -2.92. The third kappa shape index (κ3) is 7.54. The molecule has 2 aromatic rings. The van der Waals surface area contributed by atoms with Crippen LogP contribution in [0, 0.1) is 36.0 Å². The van der Waals surface area contributed by atoms with Crippen molar-refractivity contribution in [1.29, 1.82) is 0 Å². The Bertz CT molecular complexity index is 1120. The van der Waals surface area contributed by atoms with Crippen molar-refractivity contribution in [2.45, 2.75) is 79.7 Å². The molecule has 0 spiro atoms. The first-order valence-corrected chi connectivity index (χ1v) is 13.4. The van der Waals surface area contributed by atoms with Crippen LogP contribution in [0.4, 0.5) is 5.69 Å². The van der Waals surface area contributed by atoms with Gasteiger partial charge in [0.25, 0.3) is 0 Å². The first-order chi connectivity index (χ1) is 16.9. The topological polar surface area (TPSA) is 92.6 Å². The molecule has 1 atom stereocenters. The average molecular weight is 512 g/mol. The van der Waals surface area contributed by atoms with Gasteiger partial charge in [-0.1, -0.05) is 18.8 Å². The Morgan fingerprint density at radius 3 is 2.50 bits per heavy atom. The van der Waals surface area contributed by atoms with Crippen molar-refractivity contribution in [3.05, 3.63) is 33.6 Å². The molecule has 194 valence electrons. The van der Waals surface area contributed by atoms with Crippen molar-refractivity contribution in [1.82, 2.24) is 10.2 Å². The number of nitrogens with zero attached hydrogens (tertiary/aromatic N) is 3. The summed E-state index contributed by atoms with van der Waals surface area (Å²) in [7, 11) is 0. The molecule has 3 rings (SSSR count). The minimum absolute atomic E-state index is 0.0137. The molecule has 0 aromatic carbocycles. The number of aromatic nitrogens is 2. The highest BCUT2D eigenvalue weighted by Crippen LogP contribution is 2.36. The third-order valence-corrected chi connectivity index (χ3v) is 7.36. The fourth-order valence-corrected chi connectivity index (χ4v) is 5.07. The summed E-state index contributed by atoms with van der Waals surface area (Å²) in [5, 5.41) is 18.0. The fourth-order valence-electron chi connectivity index (χ4n) is 4.23. The van der Waals surface area contributed by atoms with Crippen LogP contribution in [0.5, 0.6) is 5.88 Å². The van der Waals surface area contributed by atoms with Crippen molar-refractivity contribution >= 4 is 28.9 Å². The van der Waals surface area contributed by atoms with E-state index in [1.165, 1.54) is 0 Å². The molecule has 0 aliphatic heterocycles. The number of carboxylic acids is 1. The van der Waals surface area contributed by atoms with E-state index in [4.69, 9.17) is 4.74 Å². The summed E-state index contributed by atoms with van der Waals surface area (Å²) < 4.78 is 5.77. The predicted octanol–water partition coefficient (Wildman–Crippen LogP) is 5.96. The minimum Gasteiger partial charge on any atom is -0.477 e. The highest BCUT2D eigenvalue weighted by molar-refractivity contribution is 7.15. The molecule has 1 N–H and O–H groups in total. The molecule has 1 saturated carbocycles. The molecule has 0 saturated heterocycles. The van der Waals surface area contributed by atoms with Gasteiger partial charge in [-0.15, -0.1) is 16.4 Å². The second-order valence-corrected chi connectivity index (χ2v) is 11.8. The maximum Gasteiger partial charge on any atom is 0.348 e. The van der Waals surface area contributed by atoms with Crippen LogP contribution in [0.3, 0.4) is 0 Å². The van der Waals surface area contributed by atoms with Crippen LogP contribution in [0.2, 0.25) is 0 Å². The number of anilines is 1. The monoisotopic (exact) mass is 511 g/mol. The zero-order valence-electron chi connectivity index (χ0n) is 22.1. The number of aryl methyl sites for hydroxylation is 1. The molecule has 1 aliphatic rings. The third-order valence-electron chi connectivity index (χ3n) is 6.33. The van der Waals surface area contributed by atoms with Crippen LogP contribution in [0.1, 0.15) is 87.0 Å². The van der Waals surface area contributed by atoms with Gasteiger partial charge in [0.2, 0.25) is 11.8 Å². The lowest BCUT2D eigenvalue weighted by molar-refractivity contribution is -0.124. The number of rotatable bonds is 8. The summed E-state index contributed by atoms with van der Waals surface area (Å²) in [6, 6.07) is 5.09. The zero-order valence-corrected chi connectivity index (χ0v) is 22.9. The number of ether oxygens (including phenoxy) is 1. The minimum atomic E-state index is -1.05. The van der Waals surface area contributed by atoms with E-state index in [9.17, 15) is 14.7 Å². The lowest BCUT2D eigenvalue weighted by atomic mass is 9.82. The Labute approximate surface area is 218 Å². The van der Waals surface area contributed by atoms with Crippen LogP contribution < -0.4 is 9.64 Å². The molecular formula is C28H37N3O4S. The predicted molar refractivity (Wildman–Crippen MR) is 143 cm³/mol. The molecule has 1 amide bonds. The fraction of sp³-hybridized carbons (Fsp3) is 0.571. The molecule has 0 bridgehead atoms. The summed E-state index contributed by atoms with van der Waals surface area (Å²) in [5.41, 5.74) is 1.01. The average Bonchev–Trinajstić information content (AvgIpc) is 3.23. The smallest absolute Gasteiger partial charge is 0.348 e. The van der Waals surface area contributed by atoms with Gasteiger partial charge < -0.3 is 14.7 Å².